The molecule has 1 unspecified atom stereocenters. The van der Waals surface area contributed by atoms with Crippen LogP contribution in [0.2, 0.25) is 0 Å². The Labute approximate surface area is 119 Å². The Kier molecular flexibility index (Phi) is 6.42. The van der Waals surface area contributed by atoms with Crippen LogP contribution in [0.5, 0.6) is 5.75 Å². The molecule has 5 nitrogen and oxygen atoms in total. The molecule has 0 saturated carbocycles. The molecule has 1 aromatic rings. The van der Waals surface area contributed by atoms with E-state index in [1.807, 2.05) is 26.8 Å². The second-order valence-corrected chi connectivity index (χ2v) is 6.63. The van der Waals surface area contributed by atoms with Gasteiger partial charge in [-0.2, -0.15) is 4.76 Å². The Morgan fingerprint density at radius 2 is 2.11 bits per heavy atom. The lowest BCUT2D eigenvalue weighted by Crippen LogP contribution is -2.03. The van der Waals surface area contributed by atoms with Crippen LogP contribution in [0.25, 0.3) is 0 Å². The molecule has 0 aliphatic carbocycles. The first-order valence-electron chi connectivity index (χ1n) is 6.05. The second-order valence-electron chi connectivity index (χ2n) is 3.66. The normalized spacial score (nSPS) is 14.8. The predicted molar refractivity (Wildman–Crippen MR) is 80.2 cm³/mol. The maximum absolute atomic E-state index is 5.69. The van der Waals surface area contributed by atoms with Crippen LogP contribution in [0.1, 0.15) is 26.5 Å². The molecule has 106 valence electrons. The average Bonchev–Trinajstić information content (AvgIpc) is 2.32. The van der Waals surface area contributed by atoms with Gasteiger partial charge in [-0.05, 0) is 32.9 Å². The van der Waals surface area contributed by atoms with E-state index < -0.39 is 6.64 Å². The first-order valence-corrected chi connectivity index (χ1v) is 8.64. The molecular formula is C12H19N2O3PS. The number of nitrogens with zero attached hydrogens (tertiary/aromatic N) is 2. The van der Waals surface area contributed by atoms with E-state index in [0.717, 1.165) is 5.69 Å². The fourth-order valence-corrected chi connectivity index (χ4v) is 3.46. The molecule has 1 rings (SSSR count). The second kappa shape index (κ2) is 7.58. The summed E-state index contributed by atoms with van der Waals surface area (Å²) in [5.41, 5.74) is 0.908. The van der Waals surface area contributed by atoms with Gasteiger partial charge in [-0.3, -0.25) is 4.98 Å². The van der Waals surface area contributed by atoms with Crippen molar-refractivity contribution in [3.05, 3.63) is 24.0 Å². The summed E-state index contributed by atoms with van der Waals surface area (Å²) in [6.45, 7) is 5.55. The summed E-state index contributed by atoms with van der Waals surface area (Å²) < 4.78 is 20.7. The van der Waals surface area contributed by atoms with Gasteiger partial charge in [0.05, 0.1) is 19.4 Å². The van der Waals surface area contributed by atoms with Crippen molar-refractivity contribution in [2.24, 2.45) is 4.76 Å². The number of hydrogen-bond donors (Lipinski definition) is 0. The number of pyridine rings is 1. The first-order chi connectivity index (χ1) is 8.99. The van der Waals surface area contributed by atoms with Crippen molar-refractivity contribution in [2.45, 2.75) is 27.7 Å². The molecule has 0 fully saturated rings. The van der Waals surface area contributed by atoms with Gasteiger partial charge in [-0.1, -0.05) is 0 Å². The van der Waals surface area contributed by atoms with Crippen LogP contribution in [0.4, 0.5) is 0 Å². The zero-order valence-corrected chi connectivity index (χ0v) is 13.3. The fourth-order valence-electron chi connectivity index (χ4n) is 1.29. The van der Waals surface area contributed by atoms with Gasteiger partial charge in [0.25, 0.3) is 0 Å². The molecule has 0 aliphatic heterocycles. The van der Waals surface area contributed by atoms with Crippen molar-refractivity contribution in [2.75, 3.05) is 13.2 Å². The number of ether oxygens (including phenoxy) is 1. The van der Waals surface area contributed by atoms with Crippen LogP contribution in [-0.4, -0.2) is 24.1 Å². The standard InChI is InChI=1S/C12H19N2O3PS/c1-5-15-11(4)14-18(19,16-6-2)17-12-8-7-10(3)13-9-12/h7-9H,5-6H2,1-4H3/b14-11-. The lowest BCUT2D eigenvalue weighted by Gasteiger charge is -2.18. The smallest absolute Gasteiger partial charge is 0.364 e. The minimum absolute atomic E-state index is 0.430. The summed E-state index contributed by atoms with van der Waals surface area (Å²) in [7, 11) is 0. The van der Waals surface area contributed by atoms with Crippen molar-refractivity contribution in [3.63, 3.8) is 0 Å². The summed E-state index contributed by atoms with van der Waals surface area (Å²) in [6, 6.07) is 3.65. The summed E-state index contributed by atoms with van der Waals surface area (Å²) in [4.78, 5) is 4.15. The zero-order chi connectivity index (χ0) is 14.3. The molecule has 1 atom stereocenters. The SMILES string of the molecule is CCO/C(C)=N\P(=S)(OCC)Oc1ccc(C)nc1. The lowest BCUT2D eigenvalue weighted by atomic mass is 10.4. The minimum atomic E-state index is -2.79. The number of hydrogen-bond acceptors (Lipinski definition) is 5. The van der Waals surface area contributed by atoms with Crippen molar-refractivity contribution in [1.82, 2.24) is 4.98 Å². The third-order valence-electron chi connectivity index (χ3n) is 2.01. The van der Waals surface area contributed by atoms with Crippen LogP contribution in [-0.2, 0) is 21.1 Å². The molecule has 0 N–H and O–H groups in total. The first kappa shape index (κ1) is 16.1. The van der Waals surface area contributed by atoms with Gasteiger partial charge in [0.2, 0.25) is 0 Å². The minimum Gasteiger partial charge on any atom is -0.481 e. The summed E-state index contributed by atoms with van der Waals surface area (Å²) in [5, 5.41) is 0. The van der Waals surface area contributed by atoms with Gasteiger partial charge in [0.1, 0.15) is 5.75 Å². The van der Waals surface area contributed by atoms with Crippen LogP contribution in [0, 0.1) is 6.92 Å². The molecule has 0 aliphatic rings. The van der Waals surface area contributed by atoms with E-state index in [-0.39, 0.29) is 0 Å². The van der Waals surface area contributed by atoms with Crippen LogP contribution < -0.4 is 4.52 Å². The van der Waals surface area contributed by atoms with Crippen molar-refractivity contribution >= 4 is 24.3 Å². The monoisotopic (exact) mass is 302 g/mol. The van der Waals surface area contributed by atoms with E-state index in [9.17, 15) is 0 Å². The van der Waals surface area contributed by atoms with Crippen LogP contribution in [0.15, 0.2) is 23.1 Å². The van der Waals surface area contributed by atoms with Gasteiger partial charge in [0, 0.05) is 24.4 Å². The third kappa shape index (κ3) is 5.68. The topological polar surface area (TPSA) is 52.9 Å². The van der Waals surface area contributed by atoms with E-state index in [4.69, 9.17) is 25.6 Å². The van der Waals surface area contributed by atoms with Crippen molar-refractivity contribution in [1.29, 1.82) is 0 Å². The van der Waals surface area contributed by atoms with E-state index in [0.29, 0.717) is 24.9 Å². The Balaban J connectivity index is 2.90. The van der Waals surface area contributed by atoms with Gasteiger partial charge in [-0.25, -0.2) is 0 Å². The van der Waals surface area contributed by atoms with Gasteiger partial charge in [0.15, 0.2) is 5.90 Å². The Hall–Kier alpha value is -0.970. The van der Waals surface area contributed by atoms with E-state index >= 15 is 0 Å². The Bertz CT molecular complexity index is 476. The lowest BCUT2D eigenvalue weighted by molar-refractivity contribution is 0.315. The predicted octanol–water partition coefficient (Wildman–Crippen LogP) is 3.48. The van der Waals surface area contributed by atoms with Crippen molar-refractivity contribution < 1.29 is 13.8 Å². The van der Waals surface area contributed by atoms with Crippen LogP contribution in [0.3, 0.4) is 0 Å². The average molecular weight is 302 g/mol. The molecule has 0 bridgehead atoms. The molecular weight excluding hydrogens is 283 g/mol. The highest BCUT2D eigenvalue weighted by Crippen LogP contribution is 2.50. The maximum atomic E-state index is 5.69. The molecule has 0 aromatic carbocycles. The highest BCUT2D eigenvalue weighted by atomic mass is 32.5. The molecule has 1 heterocycles. The Morgan fingerprint density at radius 1 is 1.37 bits per heavy atom. The molecule has 1 aromatic heterocycles. The maximum Gasteiger partial charge on any atom is 0.364 e. The molecule has 0 spiro atoms. The number of rotatable bonds is 6. The summed E-state index contributed by atoms with van der Waals surface area (Å²) >= 11 is 5.38. The zero-order valence-electron chi connectivity index (χ0n) is 11.6. The third-order valence-corrected chi connectivity index (χ3v) is 4.35. The van der Waals surface area contributed by atoms with Gasteiger partial charge in [-0.15, -0.1) is 0 Å². The van der Waals surface area contributed by atoms with E-state index in [2.05, 4.69) is 9.75 Å². The summed E-state index contributed by atoms with van der Waals surface area (Å²) in [6.07, 6.45) is 1.61. The summed E-state index contributed by atoms with van der Waals surface area (Å²) in [5.74, 6) is 1.02. The number of aromatic nitrogens is 1. The molecule has 7 heteroatoms. The molecule has 19 heavy (non-hydrogen) atoms. The van der Waals surface area contributed by atoms with Crippen molar-refractivity contribution in [3.8, 4) is 5.75 Å². The van der Waals surface area contributed by atoms with E-state index in [1.165, 1.54) is 0 Å². The highest BCUT2D eigenvalue weighted by Gasteiger charge is 2.20. The molecule has 0 radical (unpaired) electrons. The molecule has 0 saturated heterocycles. The largest absolute Gasteiger partial charge is 0.481 e. The van der Waals surface area contributed by atoms with Crippen LogP contribution >= 0.6 is 6.64 Å². The Morgan fingerprint density at radius 3 is 2.63 bits per heavy atom. The molecule has 0 amide bonds. The quantitative estimate of drug-likeness (QED) is 0.457. The fraction of sp³-hybridized carbons (Fsp3) is 0.500. The van der Waals surface area contributed by atoms with Gasteiger partial charge < -0.3 is 13.8 Å². The van der Waals surface area contributed by atoms with Gasteiger partial charge >= 0.3 is 6.64 Å². The van der Waals surface area contributed by atoms with E-state index in [1.54, 1.807) is 19.2 Å². The number of aryl methyl sites for hydroxylation is 1. The highest BCUT2D eigenvalue weighted by molar-refractivity contribution is 8.09.